The summed E-state index contributed by atoms with van der Waals surface area (Å²) in [5, 5.41) is 8.88. The summed E-state index contributed by atoms with van der Waals surface area (Å²) >= 11 is 0. The molecule has 3 nitrogen and oxygen atoms in total. The average Bonchev–Trinajstić information content (AvgIpc) is 2.38. The molecular formula is C12H15F3N2O. The van der Waals surface area contributed by atoms with Gasteiger partial charge in [0.15, 0.2) is 0 Å². The zero-order valence-electron chi connectivity index (χ0n) is 9.82. The van der Waals surface area contributed by atoms with Gasteiger partial charge in [0.25, 0.3) is 0 Å². The number of anilines is 1. The number of alkyl halides is 3. The van der Waals surface area contributed by atoms with Crippen LogP contribution in [-0.2, 0) is 6.61 Å². The lowest BCUT2D eigenvalue weighted by molar-refractivity contribution is -0.179. The second-order valence-corrected chi connectivity index (χ2v) is 4.49. The van der Waals surface area contributed by atoms with Crippen LogP contribution in [0.2, 0.25) is 0 Å². The molecule has 1 aromatic heterocycles. The fourth-order valence-electron chi connectivity index (χ4n) is 2.13. The lowest BCUT2D eigenvalue weighted by Crippen LogP contribution is -2.39. The Kier molecular flexibility index (Phi) is 3.75. The van der Waals surface area contributed by atoms with Crippen LogP contribution < -0.4 is 4.90 Å². The SMILES string of the molecule is OCc1ccc(N2CCC(C(F)(F)F)CC2)nc1. The molecule has 0 bridgehead atoms. The van der Waals surface area contributed by atoms with Gasteiger partial charge in [-0.1, -0.05) is 6.07 Å². The van der Waals surface area contributed by atoms with E-state index in [-0.39, 0.29) is 19.4 Å². The molecule has 0 atom stereocenters. The molecule has 100 valence electrons. The van der Waals surface area contributed by atoms with Gasteiger partial charge in [0.2, 0.25) is 0 Å². The Bertz CT molecular complexity index is 383. The summed E-state index contributed by atoms with van der Waals surface area (Å²) in [6.07, 6.45) is -2.30. The first-order chi connectivity index (χ1) is 8.50. The van der Waals surface area contributed by atoms with Crippen LogP contribution in [-0.4, -0.2) is 29.4 Å². The van der Waals surface area contributed by atoms with E-state index < -0.39 is 12.1 Å². The Morgan fingerprint density at radius 1 is 1.28 bits per heavy atom. The topological polar surface area (TPSA) is 36.4 Å². The highest BCUT2D eigenvalue weighted by Gasteiger charge is 2.41. The summed E-state index contributed by atoms with van der Waals surface area (Å²) in [6, 6.07) is 3.47. The van der Waals surface area contributed by atoms with E-state index in [1.54, 1.807) is 18.3 Å². The van der Waals surface area contributed by atoms with Gasteiger partial charge < -0.3 is 10.0 Å². The molecule has 1 aromatic rings. The molecule has 0 aromatic carbocycles. The predicted octanol–water partition coefficient (Wildman–Crippen LogP) is 2.35. The van der Waals surface area contributed by atoms with E-state index in [2.05, 4.69) is 4.98 Å². The third-order valence-electron chi connectivity index (χ3n) is 3.27. The fraction of sp³-hybridized carbons (Fsp3) is 0.583. The summed E-state index contributed by atoms with van der Waals surface area (Å²) < 4.78 is 37.5. The van der Waals surface area contributed by atoms with E-state index >= 15 is 0 Å². The van der Waals surface area contributed by atoms with E-state index in [9.17, 15) is 13.2 Å². The Morgan fingerprint density at radius 2 is 1.94 bits per heavy atom. The highest BCUT2D eigenvalue weighted by atomic mass is 19.4. The van der Waals surface area contributed by atoms with Crippen LogP contribution in [0.15, 0.2) is 18.3 Å². The Hall–Kier alpha value is -1.30. The maximum absolute atomic E-state index is 12.5. The van der Waals surface area contributed by atoms with Gasteiger partial charge in [-0.25, -0.2) is 4.98 Å². The molecule has 2 heterocycles. The second-order valence-electron chi connectivity index (χ2n) is 4.49. The minimum absolute atomic E-state index is 0.0799. The Labute approximate surface area is 103 Å². The molecule has 2 rings (SSSR count). The van der Waals surface area contributed by atoms with Crippen LogP contribution in [0, 0.1) is 5.92 Å². The number of nitrogens with zero attached hydrogens (tertiary/aromatic N) is 2. The zero-order valence-corrected chi connectivity index (χ0v) is 9.82. The van der Waals surface area contributed by atoms with Crippen molar-refractivity contribution in [3.63, 3.8) is 0 Å². The van der Waals surface area contributed by atoms with Gasteiger partial charge in [-0.05, 0) is 24.5 Å². The smallest absolute Gasteiger partial charge is 0.391 e. The molecule has 18 heavy (non-hydrogen) atoms. The molecule has 1 N–H and O–H groups in total. The average molecular weight is 260 g/mol. The highest BCUT2D eigenvalue weighted by Crippen LogP contribution is 2.34. The molecule has 0 unspecified atom stereocenters. The maximum atomic E-state index is 12.5. The van der Waals surface area contributed by atoms with Gasteiger partial charge in [-0.2, -0.15) is 13.2 Å². The zero-order chi connectivity index (χ0) is 13.2. The van der Waals surface area contributed by atoms with Crippen molar-refractivity contribution in [2.45, 2.75) is 25.6 Å². The van der Waals surface area contributed by atoms with Crippen LogP contribution >= 0.6 is 0 Å². The van der Waals surface area contributed by atoms with Crippen LogP contribution in [0.1, 0.15) is 18.4 Å². The minimum Gasteiger partial charge on any atom is -0.392 e. The largest absolute Gasteiger partial charge is 0.392 e. The third-order valence-corrected chi connectivity index (χ3v) is 3.27. The van der Waals surface area contributed by atoms with E-state index in [4.69, 9.17) is 5.11 Å². The van der Waals surface area contributed by atoms with Gasteiger partial charge in [0, 0.05) is 19.3 Å². The van der Waals surface area contributed by atoms with Crippen molar-refractivity contribution in [1.29, 1.82) is 0 Å². The number of pyridine rings is 1. The van der Waals surface area contributed by atoms with Crippen LogP contribution in [0.3, 0.4) is 0 Å². The number of halogens is 3. The summed E-state index contributed by atoms with van der Waals surface area (Å²) in [4.78, 5) is 6.00. The fourth-order valence-corrected chi connectivity index (χ4v) is 2.13. The van der Waals surface area contributed by atoms with Crippen molar-refractivity contribution in [2.24, 2.45) is 5.92 Å². The van der Waals surface area contributed by atoms with Gasteiger partial charge >= 0.3 is 6.18 Å². The maximum Gasteiger partial charge on any atom is 0.391 e. The highest BCUT2D eigenvalue weighted by molar-refractivity contribution is 5.39. The normalized spacial score (nSPS) is 18.1. The van der Waals surface area contributed by atoms with Gasteiger partial charge in [0.1, 0.15) is 5.82 Å². The number of hydrogen-bond acceptors (Lipinski definition) is 3. The summed E-state index contributed by atoms with van der Waals surface area (Å²) in [5.74, 6) is -0.515. The van der Waals surface area contributed by atoms with Crippen molar-refractivity contribution in [1.82, 2.24) is 4.98 Å². The number of aliphatic hydroxyl groups is 1. The lowest BCUT2D eigenvalue weighted by atomic mass is 9.96. The quantitative estimate of drug-likeness (QED) is 0.886. The molecule has 0 aliphatic carbocycles. The van der Waals surface area contributed by atoms with E-state index in [0.717, 1.165) is 0 Å². The number of hydrogen-bond donors (Lipinski definition) is 1. The van der Waals surface area contributed by atoms with Crippen LogP contribution in [0.4, 0.5) is 19.0 Å². The summed E-state index contributed by atoms with van der Waals surface area (Å²) in [5.41, 5.74) is 0.698. The van der Waals surface area contributed by atoms with Crippen molar-refractivity contribution < 1.29 is 18.3 Å². The minimum atomic E-state index is -4.08. The predicted molar refractivity (Wildman–Crippen MR) is 61.2 cm³/mol. The molecule has 0 spiro atoms. The number of rotatable bonds is 2. The molecule has 1 aliphatic rings. The van der Waals surface area contributed by atoms with Gasteiger partial charge in [-0.15, -0.1) is 0 Å². The second kappa shape index (κ2) is 5.14. The van der Waals surface area contributed by atoms with E-state index in [0.29, 0.717) is 24.5 Å². The molecule has 1 aliphatic heterocycles. The first kappa shape index (κ1) is 13.1. The van der Waals surface area contributed by atoms with Crippen molar-refractivity contribution in [2.75, 3.05) is 18.0 Å². The van der Waals surface area contributed by atoms with Crippen molar-refractivity contribution in [3.05, 3.63) is 23.9 Å². The molecule has 1 fully saturated rings. The van der Waals surface area contributed by atoms with Gasteiger partial charge in [0.05, 0.1) is 12.5 Å². The number of aromatic nitrogens is 1. The molecular weight excluding hydrogens is 245 g/mol. The first-order valence-electron chi connectivity index (χ1n) is 5.88. The first-order valence-corrected chi connectivity index (χ1v) is 5.88. The van der Waals surface area contributed by atoms with Crippen LogP contribution in [0.5, 0.6) is 0 Å². The Morgan fingerprint density at radius 3 is 2.39 bits per heavy atom. The molecule has 0 amide bonds. The number of aliphatic hydroxyl groups excluding tert-OH is 1. The molecule has 0 saturated carbocycles. The van der Waals surface area contributed by atoms with E-state index in [1.165, 1.54) is 0 Å². The standard InChI is InChI=1S/C12H15F3N2O/c13-12(14,15)10-3-5-17(6-4-10)11-2-1-9(8-18)7-16-11/h1-2,7,10,18H,3-6,8H2. The summed E-state index contributed by atoms with van der Waals surface area (Å²) in [7, 11) is 0. The summed E-state index contributed by atoms with van der Waals surface area (Å²) in [6.45, 7) is 0.661. The van der Waals surface area contributed by atoms with E-state index in [1.807, 2.05) is 4.90 Å². The molecule has 1 saturated heterocycles. The van der Waals surface area contributed by atoms with Gasteiger partial charge in [-0.3, -0.25) is 0 Å². The molecule has 6 heteroatoms. The van der Waals surface area contributed by atoms with Crippen molar-refractivity contribution in [3.8, 4) is 0 Å². The number of piperidine rings is 1. The van der Waals surface area contributed by atoms with Crippen LogP contribution in [0.25, 0.3) is 0 Å². The van der Waals surface area contributed by atoms with Crippen molar-refractivity contribution >= 4 is 5.82 Å². The monoisotopic (exact) mass is 260 g/mol. The third kappa shape index (κ3) is 2.93. The Balaban J connectivity index is 1.96. The lowest BCUT2D eigenvalue weighted by Gasteiger charge is -2.33. The molecule has 0 radical (unpaired) electrons.